The van der Waals surface area contributed by atoms with E-state index >= 15 is 0 Å². The molecule has 1 aliphatic rings. The second kappa shape index (κ2) is 6.00. The molecular formula is C12H20N6O2. The minimum atomic E-state index is -0.460. The largest absolute Gasteiger partial charge is 0.351 e. The van der Waals surface area contributed by atoms with Crippen molar-refractivity contribution in [2.45, 2.75) is 38.6 Å². The fourth-order valence-corrected chi connectivity index (χ4v) is 2.75. The number of hydrogen-bond acceptors (Lipinski definition) is 7. The van der Waals surface area contributed by atoms with Crippen LogP contribution in [0.5, 0.6) is 0 Å². The van der Waals surface area contributed by atoms with E-state index in [0.717, 1.165) is 19.3 Å². The fraction of sp³-hybridized carbons (Fsp3) is 0.667. The highest BCUT2D eigenvalue weighted by atomic mass is 16.6. The average Bonchev–Trinajstić information content (AvgIpc) is 2.45. The van der Waals surface area contributed by atoms with Gasteiger partial charge in [0.1, 0.15) is 6.20 Å². The average molecular weight is 280 g/mol. The van der Waals surface area contributed by atoms with Crippen molar-refractivity contribution in [3.8, 4) is 0 Å². The normalized spacial score (nSPS) is 22.4. The highest BCUT2D eigenvalue weighted by Crippen LogP contribution is 2.32. The van der Waals surface area contributed by atoms with Crippen LogP contribution in [0.25, 0.3) is 0 Å². The molecule has 0 amide bonds. The monoisotopic (exact) mass is 280 g/mol. The maximum atomic E-state index is 11.1. The number of nitrogen functional groups attached to an aromatic ring is 1. The van der Waals surface area contributed by atoms with Gasteiger partial charge in [0, 0.05) is 13.1 Å². The molecule has 20 heavy (non-hydrogen) atoms. The van der Waals surface area contributed by atoms with Gasteiger partial charge in [0.15, 0.2) is 0 Å². The van der Waals surface area contributed by atoms with Crippen molar-refractivity contribution in [2.24, 2.45) is 11.8 Å². The summed E-state index contributed by atoms with van der Waals surface area (Å²) >= 11 is 0. The van der Waals surface area contributed by atoms with Gasteiger partial charge in [-0.25, -0.2) is 10.8 Å². The molecule has 0 radical (unpaired) electrons. The summed E-state index contributed by atoms with van der Waals surface area (Å²) in [5.74, 6) is 6.41. The van der Waals surface area contributed by atoms with Gasteiger partial charge in [0.2, 0.25) is 11.8 Å². The molecule has 3 N–H and O–H groups in total. The molecule has 1 fully saturated rings. The number of hydrogen-bond donors (Lipinski definition) is 2. The molecule has 8 nitrogen and oxygen atoms in total. The van der Waals surface area contributed by atoms with Gasteiger partial charge in [-0.15, -0.1) is 0 Å². The third-order valence-corrected chi connectivity index (χ3v) is 3.87. The molecule has 0 aromatic carbocycles. The second-order valence-corrected chi connectivity index (χ2v) is 5.34. The molecular weight excluding hydrogens is 260 g/mol. The van der Waals surface area contributed by atoms with E-state index in [9.17, 15) is 10.1 Å². The van der Waals surface area contributed by atoms with E-state index in [0.29, 0.717) is 11.7 Å². The lowest BCUT2D eigenvalue weighted by Crippen LogP contribution is -2.36. The van der Waals surface area contributed by atoms with Crippen LogP contribution in [0.15, 0.2) is 6.20 Å². The van der Waals surface area contributed by atoms with E-state index in [1.165, 1.54) is 12.6 Å². The van der Waals surface area contributed by atoms with Crippen LogP contribution in [0.4, 0.5) is 17.5 Å². The summed E-state index contributed by atoms with van der Waals surface area (Å²) in [6, 6.07) is 0.262. The zero-order valence-corrected chi connectivity index (χ0v) is 11.7. The summed E-state index contributed by atoms with van der Waals surface area (Å²) in [6.07, 6.45) is 5.58. The Hall–Kier alpha value is -1.96. The topological polar surface area (TPSA) is 110 Å². The molecule has 1 aromatic rings. The van der Waals surface area contributed by atoms with E-state index in [-0.39, 0.29) is 17.7 Å². The smallest absolute Gasteiger partial charge is 0.329 e. The first-order chi connectivity index (χ1) is 9.52. The first-order valence-electron chi connectivity index (χ1n) is 6.73. The Bertz CT molecular complexity index is 495. The van der Waals surface area contributed by atoms with E-state index < -0.39 is 4.92 Å². The van der Waals surface area contributed by atoms with Crippen molar-refractivity contribution in [3.05, 3.63) is 16.3 Å². The van der Waals surface area contributed by atoms with Gasteiger partial charge in [0.05, 0.1) is 4.92 Å². The third-order valence-electron chi connectivity index (χ3n) is 3.87. The second-order valence-electron chi connectivity index (χ2n) is 5.34. The van der Waals surface area contributed by atoms with E-state index in [2.05, 4.69) is 22.3 Å². The Kier molecular flexibility index (Phi) is 4.33. The number of nitro groups is 1. The Morgan fingerprint density at radius 3 is 2.90 bits per heavy atom. The van der Waals surface area contributed by atoms with Crippen molar-refractivity contribution in [1.82, 2.24) is 9.97 Å². The van der Waals surface area contributed by atoms with Crippen LogP contribution in [-0.4, -0.2) is 28.0 Å². The lowest BCUT2D eigenvalue weighted by atomic mass is 9.86. The molecule has 1 heterocycles. The number of rotatable bonds is 4. The van der Waals surface area contributed by atoms with E-state index in [1.54, 1.807) is 0 Å². The number of anilines is 2. The molecule has 110 valence electrons. The van der Waals surface area contributed by atoms with E-state index in [1.807, 2.05) is 11.9 Å². The minimum Gasteiger partial charge on any atom is -0.351 e. The molecule has 0 bridgehead atoms. The third kappa shape index (κ3) is 2.96. The van der Waals surface area contributed by atoms with E-state index in [4.69, 9.17) is 5.84 Å². The number of aromatic nitrogens is 2. The van der Waals surface area contributed by atoms with Crippen molar-refractivity contribution in [2.75, 3.05) is 17.4 Å². The first-order valence-corrected chi connectivity index (χ1v) is 6.73. The van der Waals surface area contributed by atoms with Crippen LogP contribution in [0.3, 0.4) is 0 Å². The number of hydrazine groups is 1. The predicted octanol–water partition coefficient (Wildman–Crippen LogP) is 1.69. The lowest BCUT2D eigenvalue weighted by molar-refractivity contribution is -0.384. The maximum Gasteiger partial charge on any atom is 0.329 e. The van der Waals surface area contributed by atoms with Gasteiger partial charge in [-0.1, -0.05) is 19.8 Å². The van der Waals surface area contributed by atoms with Gasteiger partial charge < -0.3 is 4.90 Å². The Balaban J connectivity index is 2.31. The zero-order chi connectivity index (χ0) is 14.7. The molecule has 2 unspecified atom stereocenters. The SMILES string of the molecule is CC1CCCC(N(C)c2nc(NN)ncc2[N+](=O)[O-])C1. The molecule has 2 atom stereocenters. The van der Waals surface area contributed by atoms with Crippen molar-refractivity contribution >= 4 is 17.5 Å². The molecule has 0 spiro atoms. The minimum absolute atomic E-state index is 0.0928. The standard InChI is InChI=1S/C12H20N6O2/c1-8-4-3-5-9(6-8)17(2)11-10(18(19)20)7-14-12(15-11)16-13/h7-9H,3-6,13H2,1-2H3,(H,14,15,16). The molecule has 1 aliphatic carbocycles. The van der Waals surface area contributed by atoms with Gasteiger partial charge >= 0.3 is 5.69 Å². The number of nitrogens with two attached hydrogens (primary N) is 1. The quantitative estimate of drug-likeness (QED) is 0.490. The molecule has 8 heteroatoms. The summed E-state index contributed by atoms with van der Waals surface area (Å²) in [5, 5.41) is 11.1. The molecule has 0 aliphatic heterocycles. The van der Waals surface area contributed by atoms with Crippen LogP contribution in [0.1, 0.15) is 32.6 Å². The highest BCUT2D eigenvalue weighted by molar-refractivity contribution is 5.59. The van der Waals surface area contributed by atoms with Crippen LogP contribution in [0, 0.1) is 16.0 Å². The van der Waals surface area contributed by atoms with Gasteiger partial charge in [-0.05, 0) is 18.8 Å². The van der Waals surface area contributed by atoms with Crippen LogP contribution >= 0.6 is 0 Å². The lowest BCUT2D eigenvalue weighted by Gasteiger charge is -2.34. The Labute approximate surface area is 117 Å². The summed E-state index contributed by atoms with van der Waals surface area (Å²) in [7, 11) is 1.85. The summed E-state index contributed by atoms with van der Waals surface area (Å²) < 4.78 is 0. The highest BCUT2D eigenvalue weighted by Gasteiger charge is 2.28. The van der Waals surface area contributed by atoms with Gasteiger partial charge in [0.25, 0.3) is 0 Å². The van der Waals surface area contributed by atoms with Gasteiger partial charge in [-0.3, -0.25) is 15.5 Å². The maximum absolute atomic E-state index is 11.1. The molecule has 1 aromatic heterocycles. The number of nitrogens with zero attached hydrogens (tertiary/aromatic N) is 4. The Morgan fingerprint density at radius 2 is 2.30 bits per heavy atom. The summed E-state index contributed by atoms with van der Waals surface area (Å²) in [5.41, 5.74) is 2.24. The van der Waals surface area contributed by atoms with Crippen LogP contribution in [0.2, 0.25) is 0 Å². The predicted molar refractivity (Wildman–Crippen MR) is 76.3 cm³/mol. The van der Waals surface area contributed by atoms with Crippen molar-refractivity contribution < 1.29 is 4.92 Å². The summed E-state index contributed by atoms with van der Waals surface area (Å²) in [6.45, 7) is 2.21. The fourth-order valence-electron chi connectivity index (χ4n) is 2.75. The van der Waals surface area contributed by atoms with Gasteiger partial charge in [-0.2, -0.15) is 4.98 Å². The first kappa shape index (κ1) is 14.4. The summed E-state index contributed by atoms with van der Waals surface area (Å²) in [4.78, 5) is 20.5. The van der Waals surface area contributed by atoms with Crippen LogP contribution < -0.4 is 16.2 Å². The molecule has 2 rings (SSSR count). The Morgan fingerprint density at radius 1 is 1.55 bits per heavy atom. The zero-order valence-electron chi connectivity index (χ0n) is 11.7. The number of nitrogens with one attached hydrogen (secondary N) is 1. The van der Waals surface area contributed by atoms with Crippen molar-refractivity contribution in [1.29, 1.82) is 0 Å². The van der Waals surface area contributed by atoms with Crippen molar-refractivity contribution in [3.63, 3.8) is 0 Å². The molecule has 1 saturated carbocycles. The molecule has 0 saturated heterocycles. The van der Waals surface area contributed by atoms with Crippen LogP contribution in [-0.2, 0) is 0 Å².